The lowest BCUT2D eigenvalue weighted by Crippen LogP contribution is -2.31. The maximum atomic E-state index is 11.7. The number of nitrogens with one attached hydrogen (secondary N) is 1. The van der Waals surface area contributed by atoms with Crippen molar-refractivity contribution < 1.29 is 23.8 Å². The molecule has 24 heavy (non-hydrogen) atoms. The van der Waals surface area contributed by atoms with E-state index in [-0.39, 0.29) is 12.5 Å². The lowest BCUT2D eigenvalue weighted by molar-refractivity contribution is -0.159. The number of amides is 1. The van der Waals surface area contributed by atoms with Crippen LogP contribution >= 0.6 is 0 Å². The predicted octanol–water partition coefficient (Wildman–Crippen LogP) is 2.31. The van der Waals surface area contributed by atoms with Crippen LogP contribution in [0.4, 0.5) is 0 Å². The Kier molecular flexibility index (Phi) is 8.86. The van der Waals surface area contributed by atoms with Gasteiger partial charge in [0.1, 0.15) is 5.75 Å². The minimum absolute atomic E-state index is 0.313. The summed E-state index contributed by atoms with van der Waals surface area (Å²) in [5.74, 6) is 0.384. The van der Waals surface area contributed by atoms with Crippen molar-refractivity contribution in [3.05, 3.63) is 29.8 Å². The van der Waals surface area contributed by atoms with Crippen LogP contribution in [0.3, 0.4) is 0 Å². The standard InChI is InChI=1S/C18H27NO5/c1-13(2)9-10-23-14(3)18(21)24-12-17(20)19-11-15-5-7-16(22-4)8-6-15/h5-8,13-14H,9-12H2,1-4H3,(H,19,20). The number of benzene rings is 1. The molecule has 1 rings (SSSR count). The fourth-order valence-electron chi connectivity index (χ4n) is 1.80. The first-order valence-corrected chi connectivity index (χ1v) is 8.10. The van der Waals surface area contributed by atoms with Gasteiger partial charge in [-0.3, -0.25) is 4.79 Å². The van der Waals surface area contributed by atoms with Gasteiger partial charge in [0.25, 0.3) is 5.91 Å². The van der Waals surface area contributed by atoms with Crippen LogP contribution in [0.1, 0.15) is 32.8 Å². The van der Waals surface area contributed by atoms with Crippen LogP contribution in [0.2, 0.25) is 0 Å². The summed E-state index contributed by atoms with van der Waals surface area (Å²) in [6, 6.07) is 7.35. The summed E-state index contributed by atoms with van der Waals surface area (Å²) in [4.78, 5) is 23.4. The third kappa shape index (κ3) is 7.97. The molecule has 134 valence electrons. The zero-order valence-corrected chi connectivity index (χ0v) is 14.8. The van der Waals surface area contributed by atoms with Gasteiger partial charge in [-0.2, -0.15) is 0 Å². The Morgan fingerprint density at radius 1 is 1.12 bits per heavy atom. The molecule has 1 aromatic rings. The molecular formula is C18H27NO5. The van der Waals surface area contributed by atoms with Crippen molar-refractivity contribution in [2.24, 2.45) is 5.92 Å². The van der Waals surface area contributed by atoms with E-state index in [9.17, 15) is 9.59 Å². The Morgan fingerprint density at radius 3 is 2.38 bits per heavy atom. The van der Waals surface area contributed by atoms with Gasteiger partial charge in [0, 0.05) is 13.2 Å². The molecule has 1 unspecified atom stereocenters. The van der Waals surface area contributed by atoms with Gasteiger partial charge in [0.15, 0.2) is 12.7 Å². The molecule has 0 aromatic heterocycles. The van der Waals surface area contributed by atoms with Crippen molar-refractivity contribution in [3.63, 3.8) is 0 Å². The second kappa shape index (κ2) is 10.6. The number of hydrogen-bond donors (Lipinski definition) is 1. The molecule has 0 saturated carbocycles. The van der Waals surface area contributed by atoms with Gasteiger partial charge in [-0.1, -0.05) is 26.0 Å². The Hall–Kier alpha value is -2.08. The molecule has 1 aromatic carbocycles. The lowest BCUT2D eigenvalue weighted by atomic mass is 10.1. The summed E-state index contributed by atoms with van der Waals surface area (Å²) < 4.78 is 15.4. The molecule has 0 heterocycles. The van der Waals surface area contributed by atoms with Gasteiger partial charge >= 0.3 is 5.97 Å². The molecule has 0 aliphatic rings. The van der Waals surface area contributed by atoms with Crippen molar-refractivity contribution in [1.29, 1.82) is 0 Å². The summed E-state index contributed by atoms with van der Waals surface area (Å²) in [6.45, 7) is 6.34. The van der Waals surface area contributed by atoms with E-state index >= 15 is 0 Å². The molecule has 0 aliphatic carbocycles. The first-order chi connectivity index (χ1) is 11.4. The second-order valence-corrected chi connectivity index (χ2v) is 5.93. The van der Waals surface area contributed by atoms with Gasteiger partial charge in [-0.05, 0) is 37.0 Å². The molecule has 0 spiro atoms. The SMILES string of the molecule is COc1ccc(CNC(=O)COC(=O)C(C)OCCC(C)C)cc1. The summed E-state index contributed by atoms with van der Waals surface area (Å²) in [5.41, 5.74) is 0.931. The van der Waals surface area contributed by atoms with Crippen LogP contribution in [-0.2, 0) is 25.6 Å². The minimum Gasteiger partial charge on any atom is -0.497 e. The van der Waals surface area contributed by atoms with E-state index in [4.69, 9.17) is 14.2 Å². The average molecular weight is 337 g/mol. The molecule has 6 nitrogen and oxygen atoms in total. The Balaban J connectivity index is 2.23. The normalized spacial score (nSPS) is 11.9. The van der Waals surface area contributed by atoms with Crippen LogP contribution in [0.25, 0.3) is 0 Å². The van der Waals surface area contributed by atoms with E-state index in [1.54, 1.807) is 14.0 Å². The summed E-state index contributed by atoms with van der Waals surface area (Å²) >= 11 is 0. The number of ether oxygens (including phenoxy) is 3. The van der Waals surface area contributed by atoms with Gasteiger partial charge in [0.05, 0.1) is 7.11 Å². The van der Waals surface area contributed by atoms with E-state index in [1.165, 1.54) is 0 Å². The highest BCUT2D eigenvalue weighted by molar-refractivity contribution is 5.81. The molecule has 1 atom stereocenters. The molecule has 0 radical (unpaired) electrons. The molecule has 6 heteroatoms. The van der Waals surface area contributed by atoms with Crippen LogP contribution in [-0.4, -0.2) is 38.3 Å². The van der Waals surface area contributed by atoms with Crippen LogP contribution in [0.5, 0.6) is 5.75 Å². The Labute approximate surface area is 143 Å². The molecule has 1 amide bonds. The van der Waals surface area contributed by atoms with Crippen molar-refractivity contribution in [2.45, 2.75) is 39.8 Å². The van der Waals surface area contributed by atoms with Gasteiger partial charge in [-0.15, -0.1) is 0 Å². The van der Waals surface area contributed by atoms with E-state index in [2.05, 4.69) is 19.2 Å². The average Bonchev–Trinajstić information content (AvgIpc) is 2.57. The topological polar surface area (TPSA) is 73.9 Å². The molecule has 1 N–H and O–H groups in total. The van der Waals surface area contributed by atoms with Crippen molar-refractivity contribution in [3.8, 4) is 5.75 Å². The highest BCUT2D eigenvalue weighted by Gasteiger charge is 2.16. The molecule has 0 saturated heterocycles. The largest absolute Gasteiger partial charge is 0.497 e. The third-order valence-electron chi connectivity index (χ3n) is 3.39. The number of hydrogen-bond acceptors (Lipinski definition) is 5. The maximum Gasteiger partial charge on any atom is 0.335 e. The second-order valence-electron chi connectivity index (χ2n) is 5.93. The predicted molar refractivity (Wildman–Crippen MR) is 90.7 cm³/mol. The number of methoxy groups -OCH3 is 1. The summed E-state index contributed by atoms with van der Waals surface area (Å²) in [5, 5.41) is 2.69. The van der Waals surface area contributed by atoms with E-state index < -0.39 is 12.1 Å². The first-order valence-electron chi connectivity index (χ1n) is 8.10. The number of esters is 1. The van der Waals surface area contributed by atoms with Gasteiger partial charge in [-0.25, -0.2) is 4.79 Å². The minimum atomic E-state index is -0.668. The van der Waals surface area contributed by atoms with E-state index in [0.717, 1.165) is 17.7 Å². The molecule has 0 bridgehead atoms. The zero-order valence-electron chi connectivity index (χ0n) is 14.8. The quantitative estimate of drug-likeness (QED) is 0.663. The van der Waals surface area contributed by atoms with E-state index in [0.29, 0.717) is 19.1 Å². The van der Waals surface area contributed by atoms with Gasteiger partial charge in [0.2, 0.25) is 0 Å². The Bertz CT molecular complexity index is 513. The molecule has 0 fully saturated rings. The van der Waals surface area contributed by atoms with Crippen molar-refractivity contribution >= 4 is 11.9 Å². The highest BCUT2D eigenvalue weighted by atomic mass is 16.6. The highest BCUT2D eigenvalue weighted by Crippen LogP contribution is 2.10. The fourth-order valence-corrected chi connectivity index (χ4v) is 1.80. The fraction of sp³-hybridized carbons (Fsp3) is 0.556. The maximum absolute atomic E-state index is 11.7. The summed E-state index contributed by atoms with van der Waals surface area (Å²) in [7, 11) is 1.60. The lowest BCUT2D eigenvalue weighted by Gasteiger charge is -2.13. The number of carbonyl (C=O) groups excluding carboxylic acids is 2. The van der Waals surface area contributed by atoms with Crippen LogP contribution < -0.4 is 10.1 Å². The van der Waals surface area contributed by atoms with E-state index in [1.807, 2.05) is 24.3 Å². The van der Waals surface area contributed by atoms with Crippen LogP contribution in [0, 0.1) is 5.92 Å². The Morgan fingerprint density at radius 2 is 1.79 bits per heavy atom. The monoisotopic (exact) mass is 337 g/mol. The zero-order chi connectivity index (χ0) is 17.9. The van der Waals surface area contributed by atoms with Gasteiger partial charge < -0.3 is 19.5 Å². The molecule has 0 aliphatic heterocycles. The smallest absolute Gasteiger partial charge is 0.335 e. The first kappa shape index (κ1) is 20.0. The molecular weight excluding hydrogens is 310 g/mol. The summed E-state index contributed by atoms with van der Waals surface area (Å²) in [6.07, 6.45) is 0.207. The van der Waals surface area contributed by atoms with Crippen LogP contribution in [0.15, 0.2) is 24.3 Å². The number of rotatable bonds is 10. The van der Waals surface area contributed by atoms with Crippen molar-refractivity contribution in [2.75, 3.05) is 20.3 Å². The number of carbonyl (C=O) groups is 2. The van der Waals surface area contributed by atoms with Crippen molar-refractivity contribution in [1.82, 2.24) is 5.32 Å². The third-order valence-corrected chi connectivity index (χ3v) is 3.39.